The van der Waals surface area contributed by atoms with E-state index in [1.165, 1.54) is 0 Å². The molecule has 4 aromatic rings. The zero-order chi connectivity index (χ0) is 23.5. The zero-order valence-corrected chi connectivity index (χ0v) is 20.8. The van der Waals surface area contributed by atoms with Crippen molar-refractivity contribution in [2.45, 2.75) is 64.6 Å². The van der Waals surface area contributed by atoms with Crippen molar-refractivity contribution in [1.29, 1.82) is 5.26 Å². The average Bonchev–Trinajstić information content (AvgIpc) is 3.31. The van der Waals surface area contributed by atoms with Crippen LogP contribution in [0.15, 0.2) is 30.7 Å². The predicted octanol–water partition coefficient (Wildman–Crippen LogP) is 5.25. The van der Waals surface area contributed by atoms with E-state index in [-0.39, 0.29) is 11.1 Å². The van der Waals surface area contributed by atoms with Crippen molar-refractivity contribution in [3.05, 3.63) is 42.0 Å². The fourth-order valence-corrected chi connectivity index (χ4v) is 6.09. The van der Waals surface area contributed by atoms with Gasteiger partial charge in [-0.05, 0) is 66.6 Å². The number of imidazole rings is 1. The summed E-state index contributed by atoms with van der Waals surface area (Å²) < 4.78 is 2.98. The van der Waals surface area contributed by atoms with Crippen LogP contribution in [0.5, 0.6) is 0 Å². The fraction of sp³-hybridized carbons (Fsp3) is 0.440. The number of nitrogens with zero attached hydrogens (tertiary/aromatic N) is 6. The Hall–Kier alpha value is -3.02. The third-order valence-corrected chi connectivity index (χ3v) is 7.95. The first-order valence-electron chi connectivity index (χ1n) is 11.2. The van der Waals surface area contributed by atoms with Crippen molar-refractivity contribution >= 4 is 32.3 Å². The molecule has 8 heteroatoms. The fourth-order valence-electron chi connectivity index (χ4n) is 5.14. The maximum atomic E-state index is 9.59. The van der Waals surface area contributed by atoms with Gasteiger partial charge in [-0.1, -0.05) is 11.3 Å². The van der Waals surface area contributed by atoms with Crippen LogP contribution in [-0.4, -0.2) is 48.4 Å². The second kappa shape index (κ2) is 7.51. The van der Waals surface area contributed by atoms with Gasteiger partial charge in [-0.25, -0.2) is 9.97 Å². The number of aryl methyl sites for hydroxylation is 1. The van der Waals surface area contributed by atoms with Crippen molar-refractivity contribution in [3.8, 4) is 17.3 Å². The number of nitriles is 1. The van der Waals surface area contributed by atoms with Gasteiger partial charge in [-0.15, -0.1) is 0 Å². The first kappa shape index (κ1) is 21.8. The molecule has 0 bridgehead atoms. The molecule has 0 unspecified atom stereocenters. The first-order valence-corrected chi connectivity index (χ1v) is 12.0. The number of hydrogen-bond acceptors (Lipinski definition) is 7. The Morgan fingerprint density at radius 1 is 1.12 bits per heavy atom. The summed E-state index contributed by atoms with van der Waals surface area (Å²) in [5.41, 5.74) is 4.93. The maximum absolute atomic E-state index is 9.59. The van der Waals surface area contributed by atoms with Crippen LogP contribution in [0.25, 0.3) is 27.1 Å². The Bertz CT molecular complexity index is 1390. The molecule has 0 aliphatic carbocycles. The van der Waals surface area contributed by atoms with E-state index in [1.54, 1.807) is 11.3 Å². The Labute approximate surface area is 198 Å². The molecule has 1 aliphatic heterocycles. The van der Waals surface area contributed by atoms with E-state index in [0.29, 0.717) is 17.3 Å². The van der Waals surface area contributed by atoms with Gasteiger partial charge in [0, 0.05) is 35.1 Å². The van der Waals surface area contributed by atoms with Gasteiger partial charge in [0.25, 0.3) is 0 Å². The minimum Gasteiger partial charge on any atom is -0.359 e. The van der Waals surface area contributed by atoms with E-state index in [0.717, 1.165) is 45.1 Å². The lowest BCUT2D eigenvalue weighted by Crippen LogP contribution is -2.61. The number of likely N-dealkylation sites (tertiary alicyclic amines) is 1. The van der Waals surface area contributed by atoms with Gasteiger partial charge in [-0.3, -0.25) is 9.88 Å². The molecule has 170 valence electrons. The van der Waals surface area contributed by atoms with Crippen LogP contribution >= 0.6 is 11.3 Å². The summed E-state index contributed by atoms with van der Waals surface area (Å²) in [6.07, 6.45) is 7.86. The van der Waals surface area contributed by atoms with Crippen molar-refractivity contribution < 1.29 is 0 Å². The molecular weight excluding hydrogens is 430 g/mol. The number of piperidine rings is 1. The smallest absolute Gasteiger partial charge is 0.184 e. The highest BCUT2D eigenvalue weighted by molar-refractivity contribution is 7.22. The van der Waals surface area contributed by atoms with E-state index >= 15 is 0 Å². The van der Waals surface area contributed by atoms with Crippen LogP contribution in [0.1, 0.15) is 51.8 Å². The van der Waals surface area contributed by atoms with E-state index in [2.05, 4.69) is 67.1 Å². The molecule has 5 rings (SSSR count). The number of fused-ring (bicyclic) bond motifs is 2. The lowest BCUT2D eigenvalue weighted by Gasteiger charge is -2.53. The Morgan fingerprint density at radius 2 is 1.85 bits per heavy atom. The van der Waals surface area contributed by atoms with E-state index in [1.807, 2.05) is 36.0 Å². The van der Waals surface area contributed by atoms with Crippen molar-refractivity contribution in [2.75, 3.05) is 12.4 Å². The number of anilines is 1. The van der Waals surface area contributed by atoms with E-state index in [9.17, 15) is 5.26 Å². The van der Waals surface area contributed by atoms with Crippen LogP contribution in [0.2, 0.25) is 0 Å². The SMILES string of the molecule is Cc1cn2cc(-c3cc4sc(NC5CC(C)(C)N(C)C(C)(C)C5)nc4cn3)cc(C#N)c2n1. The van der Waals surface area contributed by atoms with Crippen LogP contribution in [0, 0.1) is 18.3 Å². The van der Waals surface area contributed by atoms with Gasteiger partial charge < -0.3 is 9.72 Å². The molecule has 1 aliphatic rings. The molecule has 1 saturated heterocycles. The molecule has 0 spiro atoms. The summed E-state index contributed by atoms with van der Waals surface area (Å²) in [6.45, 7) is 11.2. The topological polar surface area (TPSA) is 82.1 Å². The molecule has 0 amide bonds. The monoisotopic (exact) mass is 459 g/mol. The Kier molecular flexibility index (Phi) is 4.96. The molecule has 0 radical (unpaired) electrons. The highest BCUT2D eigenvalue weighted by Crippen LogP contribution is 2.39. The minimum atomic E-state index is 0.119. The maximum Gasteiger partial charge on any atom is 0.184 e. The molecule has 1 N–H and O–H groups in total. The number of thiazole rings is 1. The van der Waals surface area contributed by atoms with Crippen LogP contribution in [0.3, 0.4) is 0 Å². The highest BCUT2D eigenvalue weighted by Gasteiger charge is 2.43. The predicted molar refractivity (Wildman–Crippen MR) is 134 cm³/mol. The molecule has 33 heavy (non-hydrogen) atoms. The van der Waals surface area contributed by atoms with Crippen molar-refractivity contribution in [3.63, 3.8) is 0 Å². The van der Waals surface area contributed by atoms with Crippen LogP contribution in [-0.2, 0) is 0 Å². The standard InChI is InChI=1S/C25H29N7S/c1-15-13-32-14-17(7-16(11-26)22(32)28-15)19-8-21-20(12-27-19)30-23(33-21)29-18-9-24(2,3)31(6)25(4,5)10-18/h7-8,12-14,18H,9-10H2,1-6H3,(H,29,30). The normalized spacial score (nSPS) is 18.6. The minimum absolute atomic E-state index is 0.119. The van der Waals surface area contributed by atoms with Gasteiger partial charge in [0.2, 0.25) is 0 Å². The third kappa shape index (κ3) is 3.85. The summed E-state index contributed by atoms with van der Waals surface area (Å²) in [7, 11) is 2.22. The second-order valence-corrected chi connectivity index (χ2v) is 11.4. The second-order valence-electron chi connectivity index (χ2n) is 10.4. The summed E-state index contributed by atoms with van der Waals surface area (Å²) in [4.78, 5) is 16.4. The first-order chi connectivity index (χ1) is 15.6. The number of nitrogens with one attached hydrogen (secondary N) is 1. The molecule has 1 fully saturated rings. The van der Waals surface area contributed by atoms with Crippen LogP contribution in [0.4, 0.5) is 5.13 Å². The van der Waals surface area contributed by atoms with Gasteiger partial charge in [0.15, 0.2) is 10.8 Å². The number of pyridine rings is 2. The summed E-state index contributed by atoms with van der Waals surface area (Å²) in [6, 6.07) is 6.55. The molecule has 7 nitrogen and oxygen atoms in total. The number of aromatic nitrogens is 4. The summed E-state index contributed by atoms with van der Waals surface area (Å²) in [5, 5.41) is 14.2. The van der Waals surface area contributed by atoms with Gasteiger partial charge in [0.05, 0.1) is 27.8 Å². The van der Waals surface area contributed by atoms with Gasteiger partial charge in [0.1, 0.15) is 11.6 Å². The average molecular weight is 460 g/mol. The Morgan fingerprint density at radius 3 is 2.55 bits per heavy atom. The van der Waals surface area contributed by atoms with Gasteiger partial charge in [-0.2, -0.15) is 5.26 Å². The summed E-state index contributed by atoms with van der Waals surface area (Å²) in [5.74, 6) is 0. The molecule has 4 aromatic heterocycles. The largest absolute Gasteiger partial charge is 0.359 e. The third-order valence-electron chi connectivity index (χ3n) is 7.00. The molecule has 0 atom stereocenters. The van der Waals surface area contributed by atoms with Crippen molar-refractivity contribution in [2.24, 2.45) is 0 Å². The van der Waals surface area contributed by atoms with Crippen molar-refractivity contribution in [1.82, 2.24) is 24.3 Å². The van der Waals surface area contributed by atoms with Crippen LogP contribution < -0.4 is 5.32 Å². The molecule has 5 heterocycles. The van der Waals surface area contributed by atoms with Gasteiger partial charge >= 0.3 is 0 Å². The molecule has 0 saturated carbocycles. The quantitative estimate of drug-likeness (QED) is 0.451. The van der Waals surface area contributed by atoms with E-state index < -0.39 is 0 Å². The molecule has 0 aromatic carbocycles. The lowest BCUT2D eigenvalue weighted by molar-refractivity contribution is -0.00767. The Balaban J connectivity index is 1.45. The summed E-state index contributed by atoms with van der Waals surface area (Å²) >= 11 is 1.66. The number of rotatable bonds is 3. The molecular formula is C25H29N7S. The number of hydrogen-bond donors (Lipinski definition) is 1. The lowest BCUT2D eigenvalue weighted by atomic mass is 9.77. The van der Waals surface area contributed by atoms with E-state index in [4.69, 9.17) is 4.98 Å². The highest BCUT2D eigenvalue weighted by atomic mass is 32.1. The zero-order valence-electron chi connectivity index (χ0n) is 20.0.